The van der Waals surface area contributed by atoms with E-state index in [4.69, 9.17) is 9.72 Å². The van der Waals surface area contributed by atoms with Crippen LogP contribution in [0.5, 0.6) is 5.75 Å². The second-order valence-corrected chi connectivity index (χ2v) is 10.9. The molecule has 2 aliphatic rings. The van der Waals surface area contributed by atoms with Gasteiger partial charge in [-0.2, -0.15) is 0 Å². The minimum Gasteiger partial charge on any atom is -0.507 e. The number of amides is 1. The van der Waals surface area contributed by atoms with Crippen molar-refractivity contribution in [1.82, 2.24) is 4.98 Å². The van der Waals surface area contributed by atoms with E-state index >= 15 is 0 Å². The molecule has 0 radical (unpaired) electrons. The predicted octanol–water partition coefficient (Wildman–Crippen LogP) is 5.77. The summed E-state index contributed by atoms with van der Waals surface area (Å²) in [6, 6.07) is 13.7. The number of nitrogens with zero attached hydrogens (tertiary/aromatic N) is 3. The third kappa shape index (κ3) is 4.04. The Morgan fingerprint density at radius 1 is 1.13 bits per heavy atom. The number of ketones is 1. The second-order valence-electron chi connectivity index (χ2n) is 9.90. The summed E-state index contributed by atoms with van der Waals surface area (Å²) in [6.07, 6.45) is 0.648. The molecule has 9 nitrogen and oxygen atoms in total. The van der Waals surface area contributed by atoms with Crippen LogP contribution in [0.25, 0.3) is 16.0 Å². The van der Waals surface area contributed by atoms with E-state index in [1.54, 1.807) is 18.2 Å². The number of nitro groups is 1. The number of aliphatic hydroxyl groups is 1. The zero-order valence-corrected chi connectivity index (χ0v) is 22.1. The molecule has 39 heavy (non-hydrogen) atoms. The number of carbonyl (C=O) groups is 2. The number of carbonyl (C=O) groups excluding carboxylic acids is 2. The van der Waals surface area contributed by atoms with E-state index < -0.39 is 22.7 Å². The van der Waals surface area contributed by atoms with E-state index in [-0.39, 0.29) is 23.1 Å². The Bertz CT molecular complexity index is 1740. The average Bonchev–Trinajstić information content (AvgIpc) is 3.56. The molecular weight excluding hydrogens is 518 g/mol. The number of rotatable bonds is 4. The topological polar surface area (TPSA) is 123 Å². The molecule has 1 fully saturated rings. The highest BCUT2D eigenvalue weighted by atomic mass is 32.1. The van der Waals surface area contributed by atoms with Crippen molar-refractivity contribution in [2.75, 3.05) is 4.90 Å². The third-order valence-corrected chi connectivity index (χ3v) is 8.06. The van der Waals surface area contributed by atoms with Crippen LogP contribution in [0.2, 0.25) is 0 Å². The van der Waals surface area contributed by atoms with Gasteiger partial charge in [-0.1, -0.05) is 17.4 Å². The molecule has 0 spiro atoms. The maximum atomic E-state index is 13.5. The zero-order valence-electron chi connectivity index (χ0n) is 21.3. The Kier molecular flexibility index (Phi) is 5.72. The number of aliphatic hydroxyl groups excluding tert-OH is 1. The van der Waals surface area contributed by atoms with Gasteiger partial charge in [0.25, 0.3) is 11.5 Å². The molecule has 1 aromatic heterocycles. The number of fused-ring (bicyclic) bond motifs is 2. The normalized spacial score (nSPS) is 19.9. The van der Waals surface area contributed by atoms with Gasteiger partial charge in [0.05, 0.1) is 26.8 Å². The van der Waals surface area contributed by atoms with Crippen molar-refractivity contribution in [3.05, 3.63) is 98.1 Å². The molecule has 2 unspecified atom stereocenters. The highest BCUT2D eigenvalue weighted by Gasteiger charge is 2.48. The molecule has 0 bridgehead atoms. The van der Waals surface area contributed by atoms with Gasteiger partial charge in [0.1, 0.15) is 17.6 Å². The number of hydrogen-bond acceptors (Lipinski definition) is 8. The number of nitro benzene ring substituents is 1. The quantitative estimate of drug-likeness (QED) is 0.114. The molecule has 1 amide bonds. The molecule has 1 N–H and O–H groups in total. The van der Waals surface area contributed by atoms with Crippen LogP contribution in [-0.4, -0.2) is 32.8 Å². The van der Waals surface area contributed by atoms with E-state index in [0.29, 0.717) is 28.4 Å². The molecule has 0 saturated carbocycles. The van der Waals surface area contributed by atoms with Crippen LogP contribution in [-0.2, 0) is 16.0 Å². The Morgan fingerprint density at radius 2 is 1.87 bits per heavy atom. The zero-order chi connectivity index (χ0) is 27.6. The predicted molar refractivity (Wildman–Crippen MR) is 147 cm³/mol. The van der Waals surface area contributed by atoms with Crippen molar-refractivity contribution >= 4 is 49.8 Å². The molecule has 6 rings (SSSR count). The van der Waals surface area contributed by atoms with Crippen molar-refractivity contribution in [1.29, 1.82) is 0 Å². The van der Waals surface area contributed by atoms with Crippen LogP contribution < -0.4 is 9.64 Å². The summed E-state index contributed by atoms with van der Waals surface area (Å²) in [5.41, 5.74) is 4.17. The summed E-state index contributed by atoms with van der Waals surface area (Å²) < 4.78 is 6.62. The van der Waals surface area contributed by atoms with Gasteiger partial charge in [0.15, 0.2) is 5.13 Å². The van der Waals surface area contributed by atoms with Gasteiger partial charge in [-0.3, -0.25) is 24.6 Å². The number of thiazole rings is 1. The molecule has 3 aromatic carbocycles. The number of anilines is 1. The fourth-order valence-electron chi connectivity index (χ4n) is 5.31. The number of Topliss-reactive ketones (excluding diaryl/α,β-unsaturated/α-hetero) is 1. The summed E-state index contributed by atoms with van der Waals surface area (Å²) in [7, 11) is 0. The minimum absolute atomic E-state index is 0.00536. The number of benzene rings is 3. The summed E-state index contributed by atoms with van der Waals surface area (Å²) in [5, 5.41) is 23.1. The lowest BCUT2D eigenvalue weighted by molar-refractivity contribution is -0.384. The van der Waals surface area contributed by atoms with Crippen LogP contribution in [0.4, 0.5) is 10.8 Å². The maximum absolute atomic E-state index is 13.5. The molecule has 3 heterocycles. The van der Waals surface area contributed by atoms with Gasteiger partial charge >= 0.3 is 5.91 Å². The smallest absolute Gasteiger partial charge is 0.301 e. The fourth-order valence-corrected chi connectivity index (χ4v) is 6.48. The number of aryl methyl sites for hydroxylation is 2. The van der Waals surface area contributed by atoms with Crippen molar-refractivity contribution in [2.24, 2.45) is 0 Å². The van der Waals surface area contributed by atoms with Gasteiger partial charge in [-0.05, 0) is 79.4 Å². The molecule has 0 aliphatic carbocycles. The van der Waals surface area contributed by atoms with E-state index in [9.17, 15) is 24.8 Å². The number of hydrogen-bond donors (Lipinski definition) is 1. The Balaban J connectivity index is 1.54. The van der Waals surface area contributed by atoms with Crippen molar-refractivity contribution in [3.8, 4) is 5.75 Å². The van der Waals surface area contributed by atoms with Gasteiger partial charge in [-0.15, -0.1) is 0 Å². The largest absolute Gasteiger partial charge is 0.507 e. The lowest BCUT2D eigenvalue weighted by Crippen LogP contribution is -2.29. The van der Waals surface area contributed by atoms with Crippen LogP contribution in [0, 0.1) is 24.0 Å². The average molecular weight is 542 g/mol. The summed E-state index contributed by atoms with van der Waals surface area (Å²) in [4.78, 5) is 43.8. The molecule has 2 atom stereocenters. The molecule has 4 aromatic rings. The lowest BCUT2D eigenvalue weighted by atomic mass is 9.94. The van der Waals surface area contributed by atoms with Gasteiger partial charge in [-0.25, -0.2) is 4.98 Å². The first-order valence-electron chi connectivity index (χ1n) is 12.4. The number of aromatic nitrogens is 1. The van der Waals surface area contributed by atoms with Crippen molar-refractivity contribution in [3.63, 3.8) is 0 Å². The highest BCUT2D eigenvalue weighted by Crippen LogP contribution is 2.45. The summed E-state index contributed by atoms with van der Waals surface area (Å²) in [5.74, 6) is -1.29. The van der Waals surface area contributed by atoms with E-state index in [1.165, 1.54) is 40.5 Å². The minimum atomic E-state index is -1.03. The van der Waals surface area contributed by atoms with Gasteiger partial charge in [0.2, 0.25) is 0 Å². The fraction of sp³-hybridized carbons (Fsp3) is 0.207. The monoisotopic (exact) mass is 541 g/mol. The van der Waals surface area contributed by atoms with E-state index in [1.807, 2.05) is 32.9 Å². The van der Waals surface area contributed by atoms with Crippen molar-refractivity contribution < 1.29 is 24.4 Å². The molecule has 2 aliphatic heterocycles. The number of ether oxygens (including phenoxy) is 1. The molecular formula is C29H23N3O6S. The van der Waals surface area contributed by atoms with Crippen molar-refractivity contribution in [2.45, 2.75) is 39.3 Å². The Labute approximate surface area is 227 Å². The first-order chi connectivity index (χ1) is 18.6. The summed E-state index contributed by atoms with van der Waals surface area (Å²) >= 11 is 1.27. The standard InChI is InChI=1S/C29H23N3O6S/c1-14-10-15(2)24-22(11-14)39-29(30-24)31-25(17-4-7-20(8-5-17)32(36)37)23(27(34)28(31)35)26(33)18-6-9-21-19(13-18)12-16(3)38-21/h4-11,13,16,25,33H,12H2,1-3H3/b26-23+. The Hall–Kier alpha value is -4.57. The summed E-state index contributed by atoms with van der Waals surface area (Å²) in [6.45, 7) is 5.84. The maximum Gasteiger partial charge on any atom is 0.301 e. The molecule has 10 heteroatoms. The van der Waals surface area contributed by atoms with Crippen LogP contribution >= 0.6 is 11.3 Å². The van der Waals surface area contributed by atoms with E-state index in [2.05, 4.69) is 0 Å². The highest BCUT2D eigenvalue weighted by molar-refractivity contribution is 7.22. The first-order valence-corrected chi connectivity index (χ1v) is 13.2. The van der Waals surface area contributed by atoms with Crippen LogP contribution in [0.3, 0.4) is 0 Å². The molecule has 196 valence electrons. The molecule has 1 saturated heterocycles. The van der Waals surface area contributed by atoms with Crippen LogP contribution in [0.1, 0.15) is 40.8 Å². The van der Waals surface area contributed by atoms with E-state index in [0.717, 1.165) is 26.9 Å². The second kappa shape index (κ2) is 9.02. The number of non-ortho nitro benzene ring substituents is 1. The SMILES string of the molecule is Cc1cc(C)c2nc(N3C(=O)C(=O)/C(=C(/O)c4ccc5c(c4)CC(C)O5)C3c3ccc([N+](=O)[O-])cc3)sc2c1. The van der Waals surface area contributed by atoms with Gasteiger partial charge in [0, 0.05) is 24.1 Å². The van der Waals surface area contributed by atoms with Gasteiger partial charge < -0.3 is 9.84 Å². The first kappa shape index (κ1) is 24.7. The van der Waals surface area contributed by atoms with Crippen LogP contribution in [0.15, 0.2) is 60.2 Å². The lowest BCUT2D eigenvalue weighted by Gasteiger charge is -2.23. The Morgan fingerprint density at radius 3 is 2.59 bits per heavy atom. The third-order valence-electron chi connectivity index (χ3n) is 7.06.